The van der Waals surface area contributed by atoms with Crippen molar-refractivity contribution < 1.29 is 12.8 Å². The van der Waals surface area contributed by atoms with Crippen molar-refractivity contribution in [2.75, 3.05) is 66.4 Å². The number of fused-ring (bicyclic) bond motifs is 1. The quantitative estimate of drug-likeness (QED) is 0.266. The Bertz CT molecular complexity index is 1690. The van der Waals surface area contributed by atoms with E-state index in [0.717, 1.165) is 50.7 Å². The van der Waals surface area contributed by atoms with Gasteiger partial charge in [0.25, 0.3) is 0 Å². The van der Waals surface area contributed by atoms with Crippen LogP contribution in [0.15, 0.2) is 54.7 Å². The summed E-state index contributed by atoms with van der Waals surface area (Å²) in [6.45, 7) is 4.02. The predicted octanol–water partition coefficient (Wildman–Crippen LogP) is 5.29. The number of nitrogens with zero attached hydrogens (tertiary/aromatic N) is 5. The van der Waals surface area contributed by atoms with Crippen LogP contribution in [0.5, 0.6) is 0 Å². The lowest BCUT2D eigenvalue weighted by Gasteiger charge is -2.46. The molecule has 0 bridgehead atoms. The molecule has 6 rings (SSSR count). The second kappa shape index (κ2) is 11.1. The third-order valence-electron chi connectivity index (χ3n) is 8.83. The molecule has 0 unspecified atom stereocenters. The van der Waals surface area contributed by atoms with E-state index >= 15 is 4.39 Å². The summed E-state index contributed by atoms with van der Waals surface area (Å²) in [6, 6.07) is 14.1. The zero-order chi connectivity index (χ0) is 29.5. The fraction of sp³-hybridized carbons (Fsp3) is 0.400. The molecule has 4 heterocycles. The molecule has 0 saturated carbocycles. The van der Waals surface area contributed by atoms with Gasteiger partial charge in [-0.15, -0.1) is 0 Å². The largest absolute Gasteiger partial charge is 0.369 e. The van der Waals surface area contributed by atoms with Crippen LogP contribution in [-0.2, 0) is 10.0 Å². The highest BCUT2D eigenvalue weighted by atomic mass is 32.2. The second-order valence-corrected chi connectivity index (χ2v) is 13.6. The molecule has 2 fully saturated rings. The Morgan fingerprint density at radius 3 is 2.40 bits per heavy atom. The minimum atomic E-state index is -3.48. The van der Waals surface area contributed by atoms with Crippen LogP contribution in [0.1, 0.15) is 25.7 Å². The summed E-state index contributed by atoms with van der Waals surface area (Å²) < 4.78 is 41.1. The van der Waals surface area contributed by atoms with E-state index in [0.29, 0.717) is 39.6 Å². The van der Waals surface area contributed by atoms with Gasteiger partial charge in [-0.3, -0.25) is 4.31 Å². The maximum Gasteiger partial charge on any atom is 0.232 e. The molecule has 0 amide bonds. The third-order valence-corrected chi connectivity index (χ3v) is 10.0. The Kier molecular flexibility index (Phi) is 7.44. The number of likely N-dealkylation sites (tertiary alicyclic amines) is 1. The van der Waals surface area contributed by atoms with Crippen molar-refractivity contribution in [1.82, 2.24) is 19.9 Å². The smallest absolute Gasteiger partial charge is 0.232 e. The van der Waals surface area contributed by atoms with Gasteiger partial charge in [0.05, 0.1) is 28.7 Å². The van der Waals surface area contributed by atoms with Crippen LogP contribution in [0.2, 0.25) is 0 Å². The van der Waals surface area contributed by atoms with Gasteiger partial charge in [0.2, 0.25) is 16.0 Å². The molecule has 1 spiro atoms. The molecular weight excluding hydrogens is 555 g/mol. The molecule has 0 radical (unpaired) electrons. The highest BCUT2D eigenvalue weighted by Gasteiger charge is 2.37. The van der Waals surface area contributed by atoms with Crippen molar-refractivity contribution in [3.8, 4) is 0 Å². The molecule has 2 saturated heterocycles. The SMILES string of the molecule is CN1CCC2(CC1)CCN(c1ccc(Nc3nc(Nc4ccccc4N(C)S(C)(=O)=O)c4cc[nH]c4n3)cc1F)CC2. The molecule has 3 N–H and O–H groups in total. The van der Waals surface area contributed by atoms with Crippen LogP contribution in [0, 0.1) is 11.2 Å². The van der Waals surface area contributed by atoms with Crippen molar-refractivity contribution in [2.24, 2.45) is 5.41 Å². The lowest BCUT2D eigenvalue weighted by Crippen LogP contribution is -2.46. The minimum Gasteiger partial charge on any atom is -0.369 e. The lowest BCUT2D eigenvalue weighted by atomic mass is 9.71. The summed E-state index contributed by atoms with van der Waals surface area (Å²) in [5.74, 6) is 0.471. The maximum absolute atomic E-state index is 15.4. The number of hydrogen-bond acceptors (Lipinski definition) is 8. The first-order valence-corrected chi connectivity index (χ1v) is 16.1. The summed E-state index contributed by atoms with van der Waals surface area (Å²) in [5, 5.41) is 7.14. The van der Waals surface area contributed by atoms with Gasteiger partial charge >= 0.3 is 0 Å². The van der Waals surface area contributed by atoms with Gasteiger partial charge in [0.15, 0.2) is 0 Å². The molecule has 0 aliphatic carbocycles. The van der Waals surface area contributed by atoms with Crippen LogP contribution in [0.25, 0.3) is 11.0 Å². The highest BCUT2D eigenvalue weighted by Crippen LogP contribution is 2.42. The van der Waals surface area contributed by atoms with Crippen molar-refractivity contribution in [2.45, 2.75) is 25.7 Å². The van der Waals surface area contributed by atoms with Gasteiger partial charge in [-0.1, -0.05) is 12.1 Å². The predicted molar refractivity (Wildman–Crippen MR) is 167 cm³/mol. The van der Waals surface area contributed by atoms with E-state index in [2.05, 4.69) is 42.4 Å². The molecule has 2 aromatic heterocycles. The molecule has 10 nitrogen and oxygen atoms in total. The van der Waals surface area contributed by atoms with E-state index in [4.69, 9.17) is 0 Å². The number of para-hydroxylation sites is 2. The maximum atomic E-state index is 15.4. The number of nitrogens with one attached hydrogen (secondary N) is 3. The Morgan fingerprint density at radius 1 is 0.976 bits per heavy atom. The average molecular weight is 593 g/mol. The molecule has 2 aliphatic heterocycles. The third kappa shape index (κ3) is 5.73. The molecule has 2 aliphatic rings. The summed E-state index contributed by atoms with van der Waals surface area (Å²) >= 11 is 0. The van der Waals surface area contributed by atoms with Gasteiger partial charge in [0, 0.05) is 32.0 Å². The van der Waals surface area contributed by atoms with Gasteiger partial charge < -0.3 is 25.4 Å². The van der Waals surface area contributed by atoms with Gasteiger partial charge in [-0.25, -0.2) is 12.8 Å². The summed E-state index contributed by atoms with van der Waals surface area (Å²) in [5.41, 5.74) is 3.19. The highest BCUT2D eigenvalue weighted by molar-refractivity contribution is 7.92. The fourth-order valence-corrected chi connectivity index (χ4v) is 6.55. The zero-order valence-corrected chi connectivity index (χ0v) is 25.0. The molecule has 2 aromatic carbocycles. The Balaban J connectivity index is 1.20. The van der Waals surface area contributed by atoms with Crippen molar-refractivity contribution >= 4 is 55.6 Å². The number of benzene rings is 2. The number of sulfonamides is 1. The molecule has 222 valence electrons. The molecule has 0 atom stereocenters. The van der Waals surface area contributed by atoms with E-state index in [1.165, 1.54) is 30.3 Å². The van der Waals surface area contributed by atoms with Gasteiger partial charge in [-0.2, -0.15) is 9.97 Å². The number of aromatic nitrogens is 3. The number of halogens is 1. The van der Waals surface area contributed by atoms with E-state index < -0.39 is 10.0 Å². The average Bonchev–Trinajstić information content (AvgIpc) is 3.44. The first-order valence-electron chi connectivity index (χ1n) is 14.3. The summed E-state index contributed by atoms with van der Waals surface area (Å²) in [6.07, 6.45) is 7.57. The normalized spacial score (nSPS) is 17.5. The fourth-order valence-electron chi connectivity index (χ4n) is 6.04. The standard InChI is InChI=1S/C30H37FN8O2S/c1-37-16-11-30(12-17-37)13-18-39(19-14-30)25-9-8-21(20-23(25)31)33-29-35-27-22(10-15-32-27)28(36-29)34-24-6-4-5-7-26(24)38(2)42(3,40)41/h4-10,15,20H,11-14,16-19H2,1-3H3,(H3,32,33,34,35,36). The molecule has 12 heteroatoms. The van der Waals surface area contributed by atoms with Crippen LogP contribution >= 0.6 is 0 Å². The van der Waals surface area contributed by atoms with Gasteiger partial charge in [-0.05, 0) is 87.6 Å². The number of aromatic amines is 1. The lowest BCUT2D eigenvalue weighted by molar-refractivity contribution is 0.0943. The van der Waals surface area contributed by atoms with Crippen LogP contribution < -0.4 is 19.8 Å². The number of hydrogen-bond donors (Lipinski definition) is 3. The number of H-pyrrole nitrogens is 1. The summed E-state index contributed by atoms with van der Waals surface area (Å²) in [4.78, 5) is 16.9. The molecular formula is C30H37FN8O2S. The first kappa shape index (κ1) is 28.2. The van der Waals surface area contributed by atoms with E-state index in [1.54, 1.807) is 24.4 Å². The topological polar surface area (TPSA) is 109 Å². The van der Waals surface area contributed by atoms with Crippen molar-refractivity contribution in [3.63, 3.8) is 0 Å². The molecule has 42 heavy (non-hydrogen) atoms. The first-order chi connectivity index (χ1) is 20.1. The van der Waals surface area contributed by atoms with Gasteiger partial charge in [0.1, 0.15) is 17.3 Å². The van der Waals surface area contributed by atoms with Crippen LogP contribution in [0.4, 0.5) is 38.9 Å². The Hall–Kier alpha value is -3.90. The van der Waals surface area contributed by atoms with E-state index in [9.17, 15) is 8.42 Å². The minimum absolute atomic E-state index is 0.274. The second-order valence-electron chi connectivity index (χ2n) is 11.6. The Labute approximate surface area is 246 Å². The monoisotopic (exact) mass is 592 g/mol. The van der Waals surface area contributed by atoms with Crippen LogP contribution in [0.3, 0.4) is 0 Å². The van der Waals surface area contributed by atoms with Crippen LogP contribution in [-0.4, -0.2) is 74.8 Å². The summed E-state index contributed by atoms with van der Waals surface area (Å²) in [7, 11) is 0.214. The van der Waals surface area contributed by atoms with Crippen molar-refractivity contribution in [1.29, 1.82) is 0 Å². The van der Waals surface area contributed by atoms with E-state index in [-0.39, 0.29) is 11.8 Å². The van der Waals surface area contributed by atoms with Crippen molar-refractivity contribution in [3.05, 3.63) is 60.5 Å². The number of piperidine rings is 2. The van der Waals surface area contributed by atoms with E-state index in [1.807, 2.05) is 24.3 Å². The number of rotatable bonds is 7. The number of anilines is 6. The Morgan fingerprint density at radius 2 is 1.69 bits per heavy atom. The zero-order valence-electron chi connectivity index (χ0n) is 24.2. The molecule has 4 aromatic rings.